The largest absolute Gasteiger partial charge is 0.477 e. The summed E-state index contributed by atoms with van der Waals surface area (Å²) >= 11 is 0. The highest BCUT2D eigenvalue weighted by Crippen LogP contribution is 2.04. The Hall–Kier alpha value is -1.58. The van der Waals surface area contributed by atoms with Crippen molar-refractivity contribution in [3.8, 4) is 0 Å². The number of hydrogen-bond acceptors (Lipinski definition) is 2. The lowest BCUT2D eigenvalue weighted by Crippen LogP contribution is -2.08. The number of aromatic nitrogens is 2. The summed E-state index contributed by atoms with van der Waals surface area (Å²) < 4.78 is 1.59. The lowest BCUT2D eigenvalue weighted by Gasteiger charge is -2.02. The van der Waals surface area contributed by atoms with Crippen molar-refractivity contribution in [3.63, 3.8) is 0 Å². The molecule has 1 rings (SSSR count). The molecule has 64 valence electrons. The molecule has 0 spiro atoms. The average molecular weight is 166 g/mol. The van der Waals surface area contributed by atoms with E-state index in [1.54, 1.807) is 17.6 Å². The predicted octanol–water partition coefficient (Wildman–Crippen LogP) is 1.08. The van der Waals surface area contributed by atoms with Crippen LogP contribution in [0.4, 0.5) is 0 Å². The molecule has 1 aromatic rings. The van der Waals surface area contributed by atoms with Crippen molar-refractivity contribution in [1.29, 1.82) is 0 Å². The van der Waals surface area contributed by atoms with E-state index in [1.165, 1.54) is 6.20 Å². The van der Waals surface area contributed by atoms with E-state index in [2.05, 4.69) is 11.6 Å². The van der Waals surface area contributed by atoms with Crippen LogP contribution in [-0.2, 0) is 6.54 Å². The summed E-state index contributed by atoms with van der Waals surface area (Å²) in [5.41, 5.74) is 0.201. The van der Waals surface area contributed by atoms with E-state index in [9.17, 15) is 4.79 Å². The fraction of sp³-hybridized carbons (Fsp3) is 0.250. The molecule has 0 aliphatic rings. The molecule has 1 heterocycles. The topological polar surface area (TPSA) is 55.1 Å². The first-order valence-electron chi connectivity index (χ1n) is 3.53. The van der Waals surface area contributed by atoms with E-state index >= 15 is 0 Å². The Morgan fingerprint density at radius 1 is 1.92 bits per heavy atom. The Morgan fingerprint density at radius 3 is 3.08 bits per heavy atom. The van der Waals surface area contributed by atoms with Crippen LogP contribution in [-0.4, -0.2) is 20.6 Å². The van der Waals surface area contributed by atoms with Crippen LogP contribution in [0, 0.1) is 6.92 Å². The van der Waals surface area contributed by atoms with Crippen molar-refractivity contribution >= 4 is 5.97 Å². The van der Waals surface area contributed by atoms with Crippen LogP contribution in [0.3, 0.4) is 0 Å². The van der Waals surface area contributed by atoms with Crippen molar-refractivity contribution < 1.29 is 9.90 Å². The molecule has 0 saturated heterocycles. The van der Waals surface area contributed by atoms with Crippen LogP contribution in [0.25, 0.3) is 0 Å². The minimum absolute atomic E-state index is 0.201. The zero-order valence-electron chi connectivity index (χ0n) is 6.82. The first kappa shape index (κ1) is 8.52. The van der Waals surface area contributed by atoms with E-state index in [0.717, 1.165) is 0 Å². The summed E-state index contributed by atoms with van der Waals surface area (Å²) in [7, 11) is 0. The van der Waals surface area contributed by atoms with Gasteiger partial charge in [0.1, 0.15) is 11.5 Å². The number of rotatable bonds is 3. The number of hydrogen-bond donors (Lipinski definition) is 1. The van der Waals surface area contributed by atoms with Gasteiger partial charge < -0.3 is 9.67 Å². The van der Waals surface area contributed by atoms with Crippen LogP contribution >= 0.6 is 0 Å². The standard InChI is InChI=1S/C8H10N2O2/c1-3-4-10-6(2)9-5-7(10)8(11)12/h3,5H,1,4H2,2H3,(H,11,12). The zero-order valence-corrected chi connectivity index (χ0v) is 6.82. The molecule has 0 saturated carbocycles. The molecule has 0 radical (unpaired) electrons. The summed E-state index contributed by atoms with van der Waals surface area (Å²) in [5, 5.41) is 8.71. The number of carboxylic acids is 1. The molecule has 1 N–H and O–H groups in total. The average Bonchev–Trinajstić information content (AvgIpc) is 2.34. The van der Waals surface area contributed by atoms with Gasteiger partial charge in [-0.05, 0) is 6.92 Å². The summed E-state index contributed by atoms with van der Waals surface area (Å²) in [6.45, 7) is 5.78. The Kier molecular flexibility index (Phi) is 2.28. The third-order valence-corrected chi connectivity index (χ3v) is 1.59. The van der Waals surface area contributed by atoms with Crippen molar-refractivity contribution in [2.75, 3.05) is 0 Å². The zero-order chi connectivity index (χ0) is 9.14. The van der Waals surface area contributed by atoms with Gasteiger partial charge in [0, 0.05) is 6.54 Å². The van der Waals surface area contributed by atoms with Crippen LogP contribution < -0.4 is 0 Å². The molecule has 0 bridgehead atoms. The molecule has 0 aliphatic carbocycles. The number of carbonyl (C=O) groups is 1. The number of carboxylic acid groups (broad SMARTS) is 1. The number of aromatic carboxylic acids is 1. The molecular weight excluding hydrogens is 156 g/mol. The second kappa shape index (κ2) is 3.21. The van der Waals surface area contributed by atoms with Gasteiger partial charge in [-0.15, -0.1) is 6.58 Å². The molecular formula is C8H10N2O2. The maximum atomic E-state index is 10.6. The minimum Gasteiger partial charge on any atom is -0.477 e. The SMILES string of the molecule is C=CCn1c(C(=O)O)cnc1C. The van der Waals surface area contributed by atoms with Gasteiger partial charge in [0.25, 0.3) is 0 Å². The fourth-order valence-electron chi connectivity index (χ4n) is 0.998. The van der Waals surface area contributed by atoms with E-state index in [0.29, 0.717) is 12.4 Å². The first-order valence-corrected chi connectivity index (χ1v) is 3.53. The molecule has 4 nitrogen and oxygen atoms in total. The van der Waals surface area contributed by atoms with Crippen molar-refractivity contribution in [1.82, 2.24) is 9.55 Å². The lowest BCUT2D eigenvalue weighted by atomic mass is 10.4. The molecule has 12 heavy (non-hydrogen) atoms. The van der Waals surface area contributed by atoms with Gasteiger partial charge in [-0.3, -0.25) is 0 Å². The number of aryl methyl sites for hydroxylation is 1. The quantitative estimate of drug-likeness (QED) is 0.683. The van der Waals surface area contributed by atoms with E-state index < -0.39 is 5.97 Å². The van der Waals surface area contributed by atoms with Crippen LogP contribution in [0.1, 0.15) is 16.3 Å². The molecule has 4 heteroatoms. The highest BCUT2D eigenvalue weighted by Gasteiger charge is 2.10. The van der Waals surface area contributed by atoms with Crippen molar-refractivity contribution in [2.45, 2.75) is 13.5 Å². The summed E-state index contributed by atoms with van der Waals surface area (Å²) in [6, 6.07) is 0. The van der Waals surface area contributed by atoms with E-state index in [4.69, 9.17) is 5.11 Å². The molecule has 1 aromatic heterocycles. The Morgan fingerprint density at radius 2 is 2.58 bits per heavy atom. The molecule has 0 aliphatic heterocycles. The van der Waals surface area contributed by atoms with Gasteiger partial charge in [0.15, 0.2) is 0 Å². The predicted molar refractivity (Wildman–Crippen MR) is 44.1 cm³/mol. The fourth-order valence-corrected chi connectivity index (χ4v) is 0.998. The highest BCUT2D eigenvalue weighted by atomic mass is 16.4. The smallest absolute Gasteiger partial charge is 0.354 e. The summed E-state index contributed by atoms with van der Waals surface area (Å²) in [4.78, 5) is 14.5. The van der Waals surface area contributed by atoms with E-state index in [-0.39, 0.29) is 5.69 Å². The maximum Gasteiger partial charge on any atom is 0.354 e. The molecule has 0 aromatic carbocycles. The summed E-state index contributed by atoms with van der Waals surface area (Å²) in [5.74, 6) is -0.273. The van der Waals surface area contributed by atoms with Gasteiger partial charge in [-0.1, -0.05) is 6.08 Å². The normalized spacial score (nSPS) is 9.75. The third kappa shape index (κ3) is 1.37. The third-order valence-electron chi connectivity index (χ3n) is 1.59. The van der Waals surface area contributed by atoms with Crippen LogP contribution in [0.2, 0.25) is 0 Å². The second-order valence-electron chi connectivity index (χ2n) is 2.40. The Labute approximate surface area is 70.2 Å². The minimum atomic E-state index is -0.961. The maximum absolute atomic E-state index is 10.6. The van der Waals surface area contributed by atoms with Gasteiger partial charge >= 0.3 is 5.97 Å². The number of imidazole rings is 1. The molecule has 0 amide bonds. The Balaban J connectivity index is 3.11. The highest BCUT2D eigenvalue weighted by molar-refractivity contribution is 5.85. The van der Waals surface area contributed by atoms with Gasteiger partial charge in [0.2, 0.25) is 0 Å². The number of allylic oxidation sites excluding steroid dienone is 1. The lowest BCUT2D eigenvalue weighted by molar-refractivity contribution is 0.0685. The van der Waals surface area contributed by atoms with Gasteiger partial charge in [-0.25, -0.2) is 9.78 Å². The molecule has 0 unspecified atom stereocenters. The van der Waals surface area contributed by atoms with E-state index in [1.807, 2.05) is 0 Å². The van der Waals surface area contributed by atoms with Gasteiger partial charge in [0.05, 0.1) is 6.20 Å². The van der Waals surface area contributed by atoms with Crippen molar-refractivity contribution in [2.24, 2.45) is 0 Å². The monoisotopic (exact) mass is 166 g/mol. The van der Waals surface area contributed by atoms with Gasteiger partial charge in [-0.2, -0.15) is 0 Å². The van der Waals surface area contributed by atoms with Crippen LogP contribution in [0.5, 0.6) is 0 Å². The van der Waals surface area contributed by atoms with Crippen LogP contribution in [0.15, 0.2) is 18.9 Å². The molecule has 0 fully saturated rings. The number of nitrogens with zero attached hydrogens (tertiary/aromatic N) is 2. The first-order chi connectivity index (χ1) is 5.66. The Bertz CT molecular complexity index is 315. The molecule has 0 atom stereocenters. The second-order valence-corrected chi connectivity index (χ2v) is 2.40. The van der Waals surface area contributed by atoms with Crippen molar-refractivity contribution in [3.05, 3.63) is 30.4 Å². The summed E-state index contributed by atoms with van der Waals surface area (Å²) in [6.07, 6.45) is 2.99.